The fourth-order valence-electron chi connectivity index (χ4n) is 5.66. The molecule has 1 aliphatic carbocycles. The summed E-state index contributed by atoms with van der Waals surface area (Å²) >= 11 is 0. The van der Waals surface area contributed by atoms with Gasteiger partial charge in [0.2, 0.25) is 12.7 Å². The van der Waals surface area contributed by atoms with Crippen LogP contribution in [0.3, 0.4) is 0 Å². The summed E-state index contributed by atoms with van der Waals surface area (Å²) in [5.41, 5.74) is 3.06. The predicted molar refractivity (Wildman–Crippen MR) is 132 cm³/mol. The van der Waals surface area contributed by atoms with E-state index in [-0.39, 0.29) is 37.2 Å². The Bertz CT molecular complexity index is 1240. The normalized spacial score (nSPS) is 23.6. The number of rotatable bonds is 5. The van der Waals surface area contributed by atoms with Crippen LogP contribution in [0.25, 0.3) is 0 Å². The fourth-order valence-corrected chi connectivity index (χ4v) is 5.66. The fraction of sp³-hybridized carbons (Fsp3) is 0.444. The number of ether oxygens (including phenoxy) is 2. The molecule has 0 saturated carbocycles. The minimum Gasteiger partial charge on any atom is -0.454 e. The highest BCUT2D eigenvalue weighted by molar-refractivity contribution is 6.07. The second kappa shape index (κ2) is 8.81. The van der Waals surface area contributed by atoms with Crippen molar-refractivity contribution >= 4 is 23.5 Å². The van der Waals surface area contributed by atoms with Crippen LogP contribution in [0.1, 0.15) is 42.9 Å². The third-order valence-corrected chi connectivity index (χ3v) is 7.89. The number of hydrogen-bond acceptors (Lipinski definition) is 6. The summed E-state index contributed by atoms with van der Waals surface area (Å²) in [5.74, 6) is 0.907. The molecule has 2 N–H and O–H groups in total. The highest BCUT2D eigenvalue weighted by Crippen LogP contribution is 2.35. The number of imide groups is 1. The van der Waals surface area contributed by atoms with Crippen LogP contribution in [0.15, 0.2) is 36.4 Å². The largest absolute Gasteiger partial charge is 0.454 e. The molecule has 2 fully saturated rings. The van der Waals surface area contributed by atoms with Crippen molar-refractivity contribution in [3.63, 3.8) is 0 Å². The number of likely N-dealkylation sites (tertiary alicyclic amines) is 1. The van der Waals surface area contributed by atoms with E-state index in [0.717, 1.165) is 24.8 Å². The van der Waals surface area contributed by atoms with Crippen LogP contribution in [0, 0.1) is 5.92 Å². The Balaban J connectivity index is 1.05. The Morgan fingerprint density at radius 1 is 1.06 bits per heavy atom. The molecule has 9 nitrogen and oxygen atoms in total. The molecule has 9 heteroatoms. The van der Waals surface area contributed by atoms with Gasteiger partial charge in [0.1, 0.15) is 5.54 Å². The molecule has 6 rings (SSSR count). The van der Waals surface area contributed by atoms with Gasteiger partial charge in [0, 0.05) is 30.8 Å². The number of benzene rings is 2. The van der Waals surface area contributed by atoms with E-state index in [9.17, 15) is 14.4 Å². The highest BCUT2D eigenvalue weighted by Gasteiger charge is 2.49. The first-order valence-electron chi connectivity index (χ1n) is 12.6. The van der Waals surface area contributed by atoms with Gasteiger partial charge >= 0.3 is 6.03 Å². The van der Waals surface area contributed by atoms with Crippen molar-refractivity contribution < 1.29 is 23.9 Å². The number of carbonyl (C=O) groups is 3. The molecule has 2 aromatic rings. The summed E-state index contributed by atoms with van der Waals surface area (Å²) in [5, 5.41) is 5.90. The van der Waals surface area contributed by atoms with Gasteiger partial charge in [-0.1, -0.05) is 18.2 Å². The number of nitrogens with zero attached hydrogens (tertiary/aromatic N) is 2. The van der Waals surface area contributed by atoms with Gasteiger partial charge in [-0.15, -0.1) is 0 Å². The standard InChI is InChI=1S/C27H30N4O5/c1-27(20-6-5-17-3-2-4-19(17)13-20)25(33)31(26(34)29-27)15-30-11-9-18(10-12-30)24(32)28-21-7-8-22-23(14-21)36-16-35-22/h5-8,13-14,18H,2-4,9-12,15-16H2,1H3,(H,28,32)(H,29,34)/t27-/m0/s1. The molecule has 4 amide bonds. The maximum atomic E-state index is 13.4. The number of carbonyl (C=O) groups excluding carboxylic acids is 3. The third kappa shape index (κ3) is 3.97. The molecular weight excluding hydrogens is 460 g/mol. The van der Waals surface area contributed by atoms with Crippen LogP contribution < -0.4 is 20.1 Å². The molecule has 0 bridgehead atoms. The van der Waals surface area contributed by atoms with E-state index in [1.165, 1.54) is 16.0 Å². The lowest BCUT2D eigenvalue weighted by molar-refractivity contribution is -0.133. The molecule has 1 atom stereocenters. The second-order valence-electron chi connectivity index (χ2n) is 10.2. The van der Waals surface area contributed by atoms with Crippen LogP contribution in [0.5, 0.6) is 11.5 Å². The first-order chi connectivity index (χ1) is 17.4. The molecular formula is C27H30N4O5. The number of hydrogen-bond donors (Lipinski definition) is 2. The van der Waals surface area contributed by atoms with E-state index < -0.39 is 5.54 Å². The van der Waals surface area contributed by atoms with Gasteiger partial charge in [-0.05, 0) is 67.9 Å². The lowest BCUT2D eigenvalue weighted by atomic mass is 9.90. The van der Waals surface area contributed by atoms with Crippen LogP contribution in [0.2, 0.25) is 0 Å². The number of anilines is 1. The van der Waals surface area contributed by atoms with Crippen molar-refractivity contribution in [1.82, 2.24) is 15.1 Å². The summed E-state index contributed by atoms with van der Waals surface area (Å²) in [4.78, 5) is 42.4. The van der Waals surface area contributed by atoms with Crippen LogP contribution >= 0.6 is 0 Å². The molecule has 2 aromatic carbocycles. The maximum absolute atomic E-state index is 13.4. The molecule has 3 aliphatic heterocycles. The van der Waals surface area contributed by atoms with E-state index in [2.05, 4.69) is 27.7 Å². The zero-order chi connectivity index (χ0) is 24.9. The molecule has 3 heterocycles. The van der Waals surface area contributed by atoms with E-state index in [0.29, 0.717) is 43.1 Å². The van der Waals surface area contributed by atoms with Gasteiger partial charge < -0.3 is 20.1 Å². The van der Waals surface area contributed by atoms with E-state index in [1.54, 1.807) is 25.1 Å². The smallest absolute Gasteiger partial charge is 0.326 e. The van der Waals surface area contributed by atoms with Gasteiger partial charge in [-0.25, -0.2) is 9.69 Å². The SMILES string of the molecule is C[C@@]1(c2ccc3c(c2)CCC3)NC(=O)N(CN2CCC(C(=O)Nc3ccc4c(c3)OCO4)CC2)C1=O. The Morgan fingerprint density at radius 3 is 2.67 bits per heavy atom. The summed E-state index contributed by atoms with van der Waals surface area (Å²) in [6.07, 6.45) is 4.53. The van der Waals surface area contributed by atoms with E-state index in [4.69, 9.17) is 9.47 Å². The summed E-state index contributed by atoms with van der Waals surface area (Å²) < 4.78 is 10.7. The lowest BCUT2D eigenvalue weighted by Crippen LogP contribution is -2.47. The molecule has 0 spiro atoms. The zero-order valence-corrected chi connectivity index (χ0v) is 20.3. The summed E-state index contributed by atoms with van der Waals surface area (Å²) in [6.45, 7) is 3.46. The molecule has 2 saturated heterocycles. The number of nitrogens with one attached hydrogen (secondary N) is 2. The van der Waals surface area contributed by atoms with Crippen molar-refractivity contribution in [2.24, 2.45) is 5.92 Å². The maximum Gasteiger partial charge on any atom is 0.326 e. The molecule has 0 unspecified atom stereocenters. The Hall–Kier alpha value is -3.59. The Kier molecular flexibility index (Phi) is 5.59. The Morgan fingerprint density at radius 2 is 1.83 bits per heavy atom. The molecule has 36 heavy (non-hydrogen) atoms. The van der Waals surface area contributed by atoms with Crippen LogP contribution in [-0.4, -0.2) is 54.2 Å². The second-order valence-corrected chi connectivity index (χ2v) is 10.2. The first-order valence-corrected chi connectivity index (χ1v) is 12.6. The predicted octanol–water partition coefficient (Wildman–Crippen LogP) is 2.98. The van der Waals surface area contributed by atoms with Crippen LogP contribution in [0.4, 0.5) is 10.5 Å². The highest BCUT2D eigenvalue weighted by atomic mass is 16.7. The van der Waals surface area contributed by atoms with Gasteiger partial charge in [0.15, 0.2) is 11.5 Å². The molecule has 0 aromatic heterocycles. The molecule has 0 radical (unpaired) electrons. The number of urea groups is 1. The van der Waals surface area contributed by atoms with Gasteiger partial charge in [-0.2, -0.15) is 0 Å². The van der Waals surface area contributed by atoms with Crippen LogP contribution in [-0.2, 0) is 28.0 Å². The average molecular weight is 491 g/mol. The summed E-state index contributed by atoms with van der Waals surface area (Å²) in [6, 6.07) is 11.1. The monoisotopic (exact) mass is 490 g/mol. The molecule has 188 valence electrons. The van der Waals surface area contributed by atoms with Crippen molar-refractivity contribution in [3.05, 3.63) is 53.1 Å². The summed E-state index contributed by atoms with van der Waals surface area (Å²) in [7, 11) is 0. The van der Waals surface area contributed by atoms with Gasteiger partial charge in [-0.3, -0.25) is 14.5 Å². The number of fused-ring (bicyclic) bond motifs is 2. The van der Waals surface area contributed by atoms with Gasteiger partial charge in [0.25, 0.3) is 5.91 Å². The van der Waals surface area contributed by atoms with E-state index in [1.807, 2.05) is 6.07 Å². The zero-order valence-electron chi connectivity index (χ0n) is 20.3. The average Bonchev–Trinajstić information content (AvgIpc) is 3.59. The van der Waals surface area contributed by atoms with Crippen molar-refractivity contribution in [3.8, 4) is 11.5 Å². The van der Waals surface area contributed by atoms with Crippen molar-refractivity contribution in [2.45, 2.75) is 44.6 Å². The first kappa shape index (κ1) is 22.8. The Labute approximate surface area is 209 Å². The van der Waals surface area contributed by atoms with Gasteiger partial charge in [0.05, 0.1) is 6.67 Å². The number of aryl methyl sites for hydroxylation is 2. The minimum atomic E-state index is -1.06. The van der Waals surface area contributed by atoms with Crippen molar-refractivity contribution in [1.29, 1.82) is 0 Å². The third-order valence-electron chi connectivity index (χ3n) is 7.89. The number of piperidine rings is 1. The topological polar surface area (TPSA) is 100 Å². The van der Waals surface area contributed by atoms with E-state index >= 15 is 0 Å². The van der Waals surface area contributed by atoms with Crippen molar-refractivity contribution in [2.75, 3.05) is 31.9 Å². The molecule has 4 aliphatic rings. The lowest BCUT2D eigenvalue weighted by Gasteiger charge is -2.33. The quantitative estimate of drug-likeness (QED) is 0.625. The number of amides is 4. The minimum absolute atomic E-state index is 0.0345.